The van der Waals surface area contributed by atoms with Crippen molar-refractivity contribution in [3.63, 3.8) is 0 Å². The normalized spacial score (nSPS) is 14.8. The molecule has 2 amide bonds. The first-order valence-electron chi connectivity index (χ1n) is 5.95. The third-order valence-electron chi connectivity index (χ3n) is 2.88. The van der Waals surface area contributed by atoms with E-state index in [1.165, 1.54) is 30.3 Å². The molecule has 98 valence electrons. The van der Waals surface area contributed by atoms with Crippen LogP contribution in [0.15, 0.2) is 35.9 Å². The number of imide groups is 1. The molecule has 0 atom stereocenters. The zero-order chi connectivity index (χ0) is 14.0. The molecule has 0 aromatic heterocycles. The van der Waals surface area contributed by atoms with E-state index in [0.717, 1.165) is 11.3 Å². The number of carbonyl (C=O) groups is 3. The van der Waals surface area contributed by atoms with Crippen LogP contribution in [0.2, 0.25) is 0 Å². The Hall–Kier alpha value is -2.43. The summed E-state index contributed by atoms with van der Waals surface area (Å²) in [5.41, 5.74) is 0.850. The Bertz CT molecular complexity index is 572. The van der Waals surface area contributed by atoms with Crippen LogP contribution in [0.5, 0.6) is 0 Å². The summed E-state index contributed by atoms with van der Waals surface area (Å²) in [6.07, 6.45) is 2.67. The number of nitrogens with zero attached hydrogens (tertiary/aromatic N) is 1. The monoisotopic (exact) mass is 258 g/mol. The molecule has 0 saturated carbocycles. The lowest BCUT2D eigenvalue weighted by atomic mass is 10.1. The average Bonchev–Trinajstić information content (AvgIpc) is 2.65. The molecule has 1 aliphatic rings. The fourth-order valence-corrected chi connectivity index (χ4v) is 1.96. The van der Waals surface area contributed by atoms with Crippen molar-refractivity contribution in [3.05, 3.63) is 41.5 Å². The highest BCUT2D eigenvalue weighted by Gasteiger charge is 2.31. The maximum Gasteiger partial charge on any atom is 0.261 e. The lowest BCUT2D eigenvalue weighted by Crippen LogP contribution is -2.31. The van der Waals surface area contributed by atoms with Crippen LogP contribution in [0.4, 0.5) is 5.69 Å². The highest BCUT2D eigenvalue weighted by Crippen LogP contribution is 2.24. The Morgan fingerprint density at radius 2 is 1.84 bits per heavy atom. The van der Waals surface area contributed by atoms with Gasteiger partial charge in [0.25, 0.3) is 11.8 Å². The highest BCUT2D eigenvalue weighted by atomic mass is 16.4. The minimum Gasteiger partial charge on any atom is -0.545 e. The van der Waals surface area contributed by atoms with E-state index in [2.05, 4.69) is 0 Å². The maximum absolute atomic E-state index is 12.0. The van der Waals surface area contributed by atoms with Gasteiger partial charge in [0.2, 0.25) is 0 Å². The first-order valence-corrected chi connectivity index (χ1v) is 5.95. The standard InChI is InChI=1S/C14H13NO4/c1-2-3-10-8-12(16)15(13(10)17)11-6-4-9(5-7-11)14(18)19/h4-8H,2-3H2,1H3,(H,18,19)/p-1. The Morgan fingerprint density at radius 3 is 2.37 bits per heavy atom. The Balaban J connectivity index is 2.26. The minimum absolute atomic E-state index is 0.00425. The van der Waals surface area contributed by atoms with Gasteiger partial charge >= 0.3 is 0 Å². The molecule has 0 unspecified atom stereocenters. The van der Waals surface area contributed by atoms with E-state index in [-0.39, 0.29) is 11.5 Å². The number of aromatic carboxylic acids is 1. The van der Waals surface area contributed by atoms with Gasteiger partial charge in [-0.05, 0) is 24.1 Å². The fourth-order valence-electron chi connectivity index (χ4n) is 1.96. The van der Waals surface area contributed by atoms with Gasteiger partial charge in [-0.3, -0.25) is 9.59 Å². The van der Waals surface area contributed by atoms with Gasteiger partial charge in [-0.1, -0.05) is 25.5 Å². The van der Waals surface area contributed by atoms with Crippen LogP contribution in [-0.4, -0.2) is 17.8 Å². The summed E-state index contributed by atoms with van der Waals surface area (Å²) >= 11 is 0. The number of benzene rings is 1. The van der Waals surface area contributed by atoms with Crippen LogP contribution in [0.1, 0.15) is 30.1 Å². The van der Waals surface area contributed by atoms with Crippen LogP contribution < -0.4 is 10.0 Å². The summed E-state index contributed by atoms with van der Waals surface area (Å²) in [4.78, 5) is 35.5. The number of amides is 2. The van der Waals surface area contributed by atoms with E-state index >= 15 is 0 Å². The first kappa shape index (κ1) is 13.0. The van der Waals surface area contributed by atoms with Gasteiger partial charge in [0.05, 0.1) is 11.7 Å². The Kier molecular flexibility index (Phi) is 3.46. The van der Waals surface area contributed by atoms with Crippen LogP contribution >= 0.6 is 0 Å². The third-order valence-corrected chi connectivity index (χ3v) is 2.88. The van der Waals surface area contributed by atoms with E-state index in [1.807, 2.05) is 6.92 Å². The highest BCUT2D eigenvalue weighted by molar-refractivity contribution is 6.30. The van der Waals surface area contributed by atoms with Crippen molar-refractivity contribution in [2.24, 2.45) is 0 Å². The van der Waals surface area contributed by atoms with Crippen molar-refractivity contribution < 1.29 is 19.5 Å². The molecule has 0 bridgehead atoms. The Labute approximate surface area is 110 Å². The molecule has 1 heterocycles. The van der Waals surface area contributed by atoms with Crippen LogP contribution in [0, 0.1) is 0 Å². The van der Waals surface area contributed by atoms with Crippen molar-refractivity contribution >= 4 is 23.5 Å². The molecule has 1 aromatic rings. The lowest BCUT2D eigenvalue weighted by molar-refractivity contribution is -0.255. The number of hydrogen-bond donors (Lipinski definition) is 0. The maximum atomic E-state index is 12.0. The number of carboxylic acid groups (broad SMARTS) is 1. The predicted molar refractivity (Wildman–Crippen MR) is 66.3 cm³/mol. The van der Waals surface area contributed by atoms with E-state index in [1.54, 1.807) is 0 Å². The second kappa shape index (κ2) is 5.06. The van der Waals surface area contributed by atoms with Gasteiger partial charge < -0.3 is 9.90 Å². The summed E-state index contributed by atoms with van der Waals surface area (Å²) in [6.45, 7) is 1.93. The molecular formula is C14H12NO4-. The second-order valence-electron chi connectivity index (χ2n) is 4.23. The smallest absolute Gasteiger partial charge is 0.261 e. The fraction of sp³-hybridized carbons (Fsp3) is 0.214. The summed E-state index contributed by atoms with van der Waals surface area (Å²) in [7, 11) is 0. The summed E-state index contributed by atoms with van der Waals surface area (Å²) in [5, 5.41) is 10.6. The molecule has 0 spiro atoms. The number of hydrogen-bond acceptors (Lipinski definition) is 4. The average molecular weight is 258 g/mol. The van der Waals surface area contributed by atoms with Gasteiger partial charge in [0, 0.05) is 11.6 Å². The summed E-state index contributed by atoms with van der Waals surface area (Å²) < 4.78 is 0. The largest absolute Gasteiger partial charge is 0.545 e. The molecule has 5 nitrogen and oxygen atoms in total. The molecule has 1 aromatic carbocycles. The van der Waals surface area contributed by atoms with Crippen LogP contribution in [0.3, 0.4) is 0 Å². The SMILES string of the molecule is CCCC1=CC(=O)N(c2ccc(C(=O)[O-])cc2)C1=O. The number of carboxylic acids is 1. The molecule has 0 N–H and O–H groups in total. The van der Waals surface area contributed by atoms with Gasteiger partial charge in [-0.2, -0.15) is 0 Å². The topological polar surface area (TPSA) is 77.5 Å². The Morgan fingerprint density at radius 1 is 1.21 bits per heavy atom. The molecule has 1 aliphatic heterocycles. The van der Waals surface area contributed by atoms with E-state index in [9.17, 15) is 19.5 Å². The quantitative estimate of drug-likeness (QED) is 0.743. The van der Waals surface area contributed by atoms with Crippen molar-refractivity contribution in [2.45, 2.75) is 19.8 Å². The molecule has 0 aliphatic carbocycles. The van der Waals surface area contributed by atoms with Gasteiger partial charge in [0.15, 0.2) is 0 Å². The molecule has 0 saturated heterocycles. The van der Waals surface area contributed by atoms with Gasteiger partial charge in [-0.25, -0.2) is 4.90 Å². The van der Waals surface area contributed by atoms with Crippen molar-refractivity contribution in [1.82, 2.24) is 0 Å². The second-order valence-corrected chi connectivity index (χ2v) is 4.23. The lowest BCUT2D eigenvalue weighted by Gasteiger charge is -2.15. The van der Waals surface area contributed by atoms with Gasteiger partial charge in [0.1, 0.15) is 0 Å². The minimum atomic E-state index is -1.30. The van der Waals surface area contributed by atoms with Crippen LogP contribution in [0.25, 0.3) is 0 Å². The molecule has 19 heavy (non-hydrogen) atoms. The molecule has 0 fully saturated rings. The number of rotatable bonds is 4. The molecule has 5 heteroatoms. The van der Waals surface area contributed by atoms with Crippen molar-refractivity contribution in [2.75, 3.05) is 4.90 Å². The van der Waals surface area contributed by atoms with Crippen LogP contribution in [-0.2, 0) is 9.59 Å². The molecule has 0 radical (unpaired) electrons. The van der Waals surface area contributed by atoms with E-state index in [4.69, 9.17) is 0 Å². The summed E-state index contributed by atoms with van der Waals surface area (Å²) in [6, 6.07) is 5.46. The molecule has 2 rings (SSSR count). The third kappa shape index (κ3) is 2.40. The summed E-state index contributed by atoms with van der Waals surface area (Å²) in [5.74, 6) is -2.03. The van der Waals surface area contributed by atoms with E-state index in [0.29, 0.717) is 17.7 Å². The number of carbonyl (C=O) groups excluding carboxylic acids is 3. The predicted octanol–water partition coefficient (Wildman–Crippen LogP) is 0.650. The van der Waals surface area contributed by atoms with Crippen molar-refractivity contribution in [3.8, 4) is 0 Å². The zero-order valence-corrected chi connectivity index (χ0v) is 10.4. The molecular weight excluding hydrogens is 246 g/mol. The first-order chi connectivity index (χ1) is 9.04. The number of anilines is 1. The van der Waals surface area contributed by atoms with Gasteiger partial charge in [-0.15, -0.1) is 0 Å². The van der Waals surface area contributed by atoms with E-state index < -0.39 is 11.9 Å². The van der Waals surface area contributed by atoms with Crippen molar-refractivity contribution in [1.29, 1.82) is 0 Å². The zero-order valence-electron chi connectivity index (χ0n) is 10.4.